The molecule has 0 radical (unpaired) electrons. The first-order valence-corrected chi connectivity index (χ1v) is 11.1. The van der Waals surface area contributed by atoms with Crippen LogP contribution in [0.1, 0.15) is 58.2 Å². The van der Waals surface area contributed by atoms with Gasteiger partial charge in [0.2, 0.25) is 0 Å². The summed E-state index contributed by atoms with van der Waals surface area (Å²) >= 11 is 0. The van der Waals surface area contributed by atoms with Gasteiger partial charge in [0.05, 0.1) is 6.61 Å². The minimum Gasteiger partial charge on any atom is -0.395 e. The van der Waals surface area contributed by atoms with E-state index in [0.29, 0.717) is 11.3 Å². The zero-order valence-electron chi connectivity index (χ0n) is 19.6. The van der Waals surface area contributed by atoms with Crippen LogP contribution in [0.4, 0.5) is 4.39 Å². The lowest BCUT2D eigenvalue weighted by molar-refractivity contribution is 0.0939. The molecule has 2 heterocycles. The molecule has 3 rings (SSSR count). The molecule has 1 amide bonds. The maximum absolute atomic E-state index is 14.7. The van der Waals surface area contributed by atoms with Gasteiger partial charge in [-0.1, -0.05) is 25.5 Å². The molecule has 0 aliphatic carbocycles. The number of allylic oxidation sites excluding steroid dienone is 1. The zero-order valence-corrected chi connectivity index (χ0v) is 19.6. The molecule has 0 unspecified atom stereocenters. The van der Waals surface area contributed by atoms with Crippen LogP contribution in [0.2, 0.25) is 0 Å². The number of amides is 1. The van der Waals surface area contributed by atoms with E-state index in [9.17, 15) is 9.18 Å². The molecule has 6 heteroatoms. The van der Waals surface area contributed by atoms with Crippen LogP contribution in [0.5, 0.6) is 0 Å². The molecule has 0 aliphatic heterocycles. The van der Waals surface area contributed by atoms with E-state index in [-0.39, 0.29) is 24.9 Å². The first-order chi connectivity index (χ1) is 15.8. The van der Waals surface area contributed by atoms with Crippen LogP contribution in [0, 0.1) is 26.6 Å². The fourth-order valence-electron chi connectivity index (χ4n) is 3.85. The van der Waals surface area contributed by atoms with E-state index in [1.54, 1.807) is 24.5 Å². The predicted molar refractivity (Wildman–Crippen MR) is 130 cm³/mol. The van der Waals surface area contributed by atoms with Gasteiger partial charge in [-0.2, -0.15) is 0 Å². The molecule has 3 aromatic rings. The second-order valence-corrected chi connectivity index (χ2v) is 8.11. The second kappa shape index (κ2) is 11.0. The molecule has 0 bridgehead atoms. The lowest BCUT2D eigenvalue weighted by Crippen LogP contribution is -2.27. The Bertz CT molecular complexity index is 1170. The van der Waals surface area contributed by atoms with E-state index < -0.39 is 0 Å². The van der Waals surface area contributed by atoms with Crippen LogP contribution in [0.3, 0.4) is 0 Å². The highest BCUT2D eigenvalue weighted by molar-refractivity contribution is 5.93. The number of carbonyl (C=O) groups is 1. The molecular formula is C27H30FN3O2. The molecule has 5 nitrogen and oxygen atoms in total. The summed E-state index contributed by atoms with van der Waals surface area (Å²) in [5.41, 5.74) is 7.21. The average Bonchev–Trinajstić information content (AvgIpc) is 2.79. The molecule has 0 atom stereocenters. The van der Waals surface area contributed by atoms with Crippen LogP contribution in [-0.2, 0) is 0 Å². The van der Waals surface area contributed by atoms with Gasteiger partial charge in [0.1, 0.15) is 11.5 Å². The number of aliphatic hydroxyl groups is 1. The number of halogens is 1. The third-order valence-corrected chi connectivity index (χ3v) is 5.57. The van der Waals surface area contributed by atoms with Crippen molar-refractivity contribution in [2.75, 3.05) is 13.2 Å². The van der Waals surface area contributed by atoms with Crippen molar-refractivity contribution in [3.63, 3.8) is 0 Å². The van der Waals surface area contributed by atoms with Gasteiger partial charge in [-0.3, -0.25) is 14.8 Å². The van der Waals surface area contributed by atoms with Crippen molar-refractivity contribution < 1.29 is 14.3 Å². The molecule has 0 aliphatic rings. The van der Waals surface area contributed by atoms with Gasteiger partial charge in [-0.15, -0.1) is 0 Å². The number of hydrogen-bond acceptors (Lipinski definition) is 4. The maximum atomic E-state index is 14.7. The topological polar surface area (TPSA) is 75.1 Å². The number of hydrogen-bond donors (Lipinski definition) is 2. The third-order valence-electron chi connectivity index (χ3n) is 5.57. The fraction of sp³-hybridized carbons (Fsp3) is 0.296. The van der Waals surface area contributed by atoms with E-state index >= 15 is 0 Å². The van der Waals surface area contributed by atoms with Crippen molar-refractivity contribution in [2.45, 2.75) is 40.5 Å². The van der Waals surface area contributed by atoms with E-state index in [4.69, 9.17) is 5.11 Å². The molecule has 0 fully saturated rings. The van der Waals surface area contributed by atoms with Crippen LogP contribution in [0.25, 0.3) is 22.8 Å². The Hall–Kier alpha value is -3.38. The van der Waals surface area contributed by atoms with Gasteiger partial charge in [0.25, 0.3) is 5.91 Å². The Morgan fingerprint density at radius 1 is 1.12 bits per heavy atom. The van der Waals surface area contributed by atoms with Crippen molar-refractivity contribution in [3.8, 4) is 11.1 Å². The summed E-state index contributed by atoms with van der Waals surface area (Å²) in [5.74, 6) is -0.541. The third kappa shape index (κ3) is 5.71. The quantitative estimate of drug-likeness (QED) is 0.493. The smallest absolute Gasteiger partial charge is 0.269 e. The Balaban J connectivity index is 2.02. The van der Waals surface area contributed by atoms with E-state index in [1.165, 1.54) is 6.07 Å². The monoisotopic (exact) mass is 447 g/mol. The lowest BCUT2D eigenvalue weighted by atomic mass is 9.93. The molecule has 0 saturated heterocycles. The molecule has 0 spiro atoms. The summed E-state index contributed by atoms with van der Waals surface area (Å²) in [6, 6.07) is 8.92. The number of rotatable bonds is 8. The van der Waals surface area contributed by atoms with Crippen molar-refractivity contribution in [2.24, 2.45) is 0 Å². The van der Waals surface area contributed by atoms with Gasteiger partial charge in [0, 0.05) is 41.3 Å². The summed E-state index contributed by atoms with van der Waals surface area (Å²) in [7, 11) is 0. The SMILES string of the molecule is CCC/C(=C\c1cc(-c2cnc(C(=O)NCCO)cc2C)cnc1C)c1c(C)cccc1F. The summed E-state index contributed by atoms with van der Waals surface area (Å²) in [6.07, 6.45) is 7.13. The van der Waals surface area contributed by atoms with Crippen LogP contribution in [0.15, 0.2) is 42.7 Å². The average molecular weight is 448 g/mol. The highest BCUT2D eigenvalue weighted by atomic mass is 19.1. The van der Waals surface area contributed by atoms with Crippen molar-refractivity contribution in [1.29, 1.82) is 0 Å². The number of carbonyl (C=O) groups excluding carboxylic acids is 1. The maximum Gasteiger partial charge on any atom is 0.269 e. The first-order valence-electron chi connectivity index (χ1n) is 11.1. The Kier molecular flexibility index (Phi) is 8.06. The molecule has 33 heavy (non-hydrogen) atoms. The Morgan fingerprint density at radius 2 is 1.91 bits per heavy atom. The van der Waals surface area contributed by atoms with Crippen molar-refractivity contribution in [3.05, 3.63) is 82.2 Å². The largest absolute Gasteiger partial charge is 0.395 e. The van der Waals surface area contributed by atoms with Gasteiger partial charge >= 0.3 is 0 Å². The zero-order chi connectivity index (χ0) is 24.0. The standard InChI is InChI=1S/C27H30FN3O2/c1-5-7-20(26-17(2)8-6-9-24(26)28)13-21-14-22(15-30-19(21)4)23-16-31-25(12-18(23)3)27(33)29-10-11-32/h6,8-9,12-16,32H,5,7,10-11H2,1-4H3,(H,29,33)/b20-13+. The number of aryl methyl sites for hydroxylation is 3. The Morgan fingerprint density at radius 3 is 2.58 bits per heavy atom. The van der Waals surface area contributed by atoms with Crippen LogP contribution < -0.4 is 5.32 Å². The van der Waals surface area contributed by atoms with E-state index in [2.05, 4.69) is 22.2 Å². The number of aliphatic hydroxyl groups excluding tert-OH is 1. The number of nitrogens with zero attached hydrogens (tertiary/aromatic N) is 2. The van der Waals surface area contributed by atoms with E-state index in [1.807, 2.05) is 39.0 Å². The van der Waals surface area contributed by atoms with Gasteiger partial charge < -0.3 is 10.4 Å². The normalized spacial score (nSPS) is 11.5. The number of pyridine rings is 2. The highest BCUT2D eigenvalue weighted by Gasteiger charge is 2.14. The van der Waals surface area contributed by atoms with Crippen LogP contribution >= 0.6 is 0 Å². The summed E-state index contributed by atoms with van der Waals surface area (Å²) < 4.78 is 14.7. The number of aromatic nitrogens is 2. The number of nitrogens with one attached hydrogen (secondary N) is 1. The first kappa shape index (κ1) is 24.3. The fourth-order valence-corrected chi connectivity index (χ4v) is 3.85. The molecular weight excluding hydrogens is 417 g/mol. The van der Waals surface area contributed by atoms with Crippen molar-refractivity contribution in [1.82, 2.24) is 15.3 Å². The van der Waals surface area contributed by atoms with Crippen molar-refractivity contribution >= 4 is 17.6 Å². The lowest BCUT2D eigenvalue weighted by Gasteiger charge is -2.14. The molecule has 172 valence electrons. The minimum absolute atomic E-state index is 0.124. The van der Waals surface area contributed by atoms with Gasteiger partial charge in [-0.25, -0.2) is 4.39 Å². The number of benzene rings is 1. The molecule has 2 aromatic heterocycles. The summed E-state index contributed by atoms with van der Waals surface area (Å²) in [6.45, 7) is 7.92. The summed E-state index contributed by atoms with van der Waals surface area (Å²) in [5, 5.41) is 11.5. The molecule has 0 saturated carbocycles. The molecule has 1 aromatic carbocycles. The van der Waals surface area contributed by atoms with E-state index in [0.717, 1.165) is 51.9 Å². The van der Waals surface area contributed by atoms with Crippen LogP contribution in [-0.4, -0.2) is 34.1 Å². The second-order valence-electron chi connectivity index (χ2n) is 8.11. The minimum atomic E-state index is -0.325. The van der Waals surface area contributed by atoms with Gasteiger partial charge in [0.15, 0.2) is 0 Å². The molecule has 2 N–H and O–H groups in total. The summed E-state index contributed by atoms with van der Waals surface area (Å²) in [4.78, 5) is 21.0. The highest BCUT2D eigenvalue weighted by Crippen LogP contribution is 2.31. The predicted octanol–water partition coefficient (Wildman–Crippen LogP) is 5.27. The van der Waals surface area contributed by atoms with Gasteiger partial charge in [-0.05, 0) is 73.7 Å². The Labute approximate surface area is 194 Å².